The lowest BCUT2D eigenvalue weighted by Crippen LogP contribution is -2.14. The summed E-state index contributed by atoms with van der Waals surface area (Å²) < 4.78 is 58.6. The SMILES string of the molecule is C1=Nc2ccccc2OCCOCCOCCOCCOc2ccccc2N=Cc2cc(-c3ccc(-c4cc5nc(c4)C=Nc4ccccc4OCCOCCOCCOCCOc4ccccc4N=C5)cc3)cc1n2. The second-order valence-electron chi connectivity index (χ2n) is 17.0. The van der Waals surface area contributed by atoms with Crippen molar-refractivity contribution in [3.05, 3.63) is 168 Å². The number of rotatable bonds is 2. The van der Waals surface area contributed by atoms with Crippen LogP contribution in [0.2, 0.25) is 0 Å². The highest BCUT2D eigenvalue weighted by molar-refractivity contribution is 5.90. The van der Waals surface area contributed by atoms with Gasteiger partial charge < -0.3 is 47.4 Å². The highest BCUT2D eigenvalue weighted by atomic mass is 16.6. The molecule has 2 aliphatic rings. The van der Waals surface area contributed by atoms with Gasteiger partial charge in [0, 0.05) is 0 Å². The van der Waals surface area contributed by atoms with Crippen LogP contribution in [0.15, 0.2) is 166 Å². The van der Waals surface area contributed by atoms with Crippen LogP contribution < -0.4 is 18.9 Å². The quantitative estimate of drug-likeness (QED) is 0.161. The molecular weight excluding hydrogens is 965 g/mol. The number of benzene rings is 5. The summed E-state index contributed by atoms with van der Waals surface area (Å²) in [4.78, 5) is 29.3. The van der Waals surface area contributed by atoms with Crippen molar-refractivity contribution in [3.63, 3.8) is 0 Å². The molecule has 0 N–H and O–H groups in total. The molecule has 0 saturated carbocycles. The minimum Gasteiger partial charge on any atom is -0.489 e. The van der Waals surface area contributed by atoms with E-state index in [-0.39, 0.29) is 0 Å². The first-order valence-corrected chi connectivity index (χ1v) is 25.4. The summed E-state index contributed by atoms with van der Waals surface area (Å²) in [7, 11) is 0. The molecule has 4 bridgehead atoms. The fraction of sp³-hybridized carbons (Fsp3) is 0.267. The molecule has 0 saturated heterocycles. The number of aromatic nitrogens is 2. The molecule has 0 spiro atoms. The highest BCUT2D eigenvalue weighted by Gasteiger charge is 2.11. The maximum Gasteiger partial charge on any atom is 0.145 e. The molecule has 7 aromatic rings. The van der Waals surface area contributed by atoms with Crippen molar-refractivity contribution in [2.24, 2.45) is 20.0 Å². The van der Waals surface area contributed by atoms with Gasteiger partial charge in [-0.25, -0.2) is 9.97 Å². The Balaban J connectivity index is 1.03. The molecule has 9 rings (SSSR count). The third-order valence-corrected chi connectivity index (χ3v) is 11.5. The Morgan fingerprint density at radius 1 is 0.237 bits per heavy atom. The predicted octanol–water partition coefficient (Wildman–Crippen LogP) is 10.5. The molecule has 2 aliphatic heterocycles. The van der Waals surface area contributed by atoms with Gasteiger partial charge in [0.05, 0.1) is 127 Å². The lowest BCUT2D eigenvalue weighted by molar-refractivity contribution is 0.00504. The van der Waals surface area contributed by atoms with Gasteiger partial charge in [-0.3, -0.25) is 20.0 Å². The molecule has 2 aromatic heterocycles. The maximum absolute atomic E-state index is 6.10. The summed E-state index contributed by atoms with van der Waals surface area (Å²) in [5, 5.41) is 0. The van der Waals surface area contributed by atoms with Gasteiger partial charge in [-0.2, -0.15) is 0 Å². The normalized spacial score (nSPS) is 16.0. The van der Waals surface area contributed by atoms with Crippen LogP contribution in [0, 0.1) is 0 Å². The van der Waals surface area contributed by atoms with Gasteiger partial charge in [-0.05, 0) is 95.1 Å². The van der Waals surface area contributed by atoms with Gasteiger partial charge in [-0.15, -0.1) is 0 Å². The van der Waals surface area contributed by atoms with E-state index in [1.165, 1.54) is 0 Å². The minimum atomic E-state index is 0.350. The van der Waals surface area contributed by atoms with E-state index in [9.17, 15) is 0 Å². The largest absolute Gasteiger partial charge is 0.489 e. The van der Waals surface area contributed by atoms with Crippen LogP contribution in [0.25, 0.3) is 22.3 Å². The standard InChI is InChI=1S/C60H60N6O10/c1-5-13-57-53(9-1)61-41-49-37-47(38-50(65-49)42-62-54-10-2-6-14-58(54)74-34-30-70-26-22-67-21-25-69-29-33-73-57)45-17-19-46(20-18-45)48-39-51-43-63-55-11-3-7-15-59(55)75-35-31-71-27-23-68-24-28-72-32-36-76-60-16-8-4-12-56(60)64-44-52(40-48)66-51/h1-20,37-44H,21-36H2. The van der Waals surface area contributed by atoms with Gasteiger partial charge in [-0.1, -0.05) is 72.8 Å². The van der Waals surface area contributed by atoms with Gasteiger partial charge in [0.25, 0.3) is 0 Å². The van der Waals surface area contributed by atoms with Crippen LogP contribution in [-0.4, -0.2) is 141 Å². The zero-order chi connectivity index (χ0) is 51.7. The summed E-state index contributed by atoms with van der Waals surface area (Å²) >= 11 is 0. The first kappa shape index (κ1) is 52.9. The minimum absolute atomic E-state index is 0.350. The fourth-order valence-electron chi connectivity index (χ4n) is 7.81. The molecule has 0 unspecified atom stereocenters. The Hall–Kier alpha value is -7.96. The Morgan fingerprint density at radius 2 is 0.461 bits per heavy atom. The van der Waals surface area contributed by atoms with E-state index in [4.69, 9.17) is 77.3 Å². The Bertz CT molecular complexity index is 2680. The monoisotopic (exact) mass is 1020 g/mol. The van der Waals surface area contributed by atoms with Crippen molar-refractivity contribution in [2.45, 2.75) is 0 Å². The maximum atomic E-state index is 6.10. The van der Waals surface area contributed by atoms with Gasteiger partial charge >= 0.3 is 0 Å². The van der Waals surface area contributed by atoms with Gasteiger partial charge in [0.1, 0.15) is 72.2 Å². The van der Waals surface area contributed by atoms with E-state index in [1.54, 1.807) is 24.9 Å². The van der Waals surface area contributed by atoms with Crippen molar-refractivity contribution in [3.8, 4) is 45.3 Å². The first-order chi connectivity index (χ1) is 37.7. The van der Waals surface area contributed by atoms with Crippen LogP contribution in [0.5, 0.6) is 23.0 Å². The molecule has 4 heterocycles. The number of ether oxygens (including phenoxy) is 10. The molecule has 16 nitrogen and oxygen atoms in total. The number of aliphatic imine (C=N–C) groups is 4. The van der Waals surface area contributed by atoms with Crippen LogP contribution in [0.1, 0.15) is 22.8 Å². The van der Waals surface area contributed by atoms with Crippen molar-refractivity contribution >= 4 is 47.6 Å². The van der Waals surface area contributed by atoms with Crippen molar-refractivity contribution < 1.29 is 47.4 Å². The zero-order valence-electron chi connectivity index (χ0n) is 42.2. The summed E-state index contributed by atoms with van der Waals surface area (Å²) in [6, 6.07) is 46.8. The Labute approximate surface area is 442 Å². The lowest BCUT2D eigenvalue weighted by Gasteiger charge is -2.11. The second-order valence-corrected chi connectivity index (χ2v) is 17.0. The van der Waals surface area contributed by atoms with Crippen molar-refractivity contribution in [1.82, 2.24) is 9.97 Å². The Kier molecular flexibility index (Phi) is 20.3. The molecule has 5 aromatic carbocycles. The van der Waals surface area contributed by atoms with E-state index in [0.29, 0.717) is 174 Å². The van der Waals surface area contributed by atoms with E-state index < -0.39 is 0 Å². The molecule has 0 fully saturated rings. The molecule has 76 heavy (non-hydrogen) atoms. The average molecular weight is 1030 g/mol. The fourth-order valence-corrected chi connectivity index (χ4v) is 7.81. The first-order valence-electron chi connectivity index (χ1n) is 25.4. The third-order valence-electron chi connectivity index (χ3n) is 11.5. The number of fused-ring (bicyclic) bond motifs is 8. The number of nitrogens with zero attached hydrogens (tertiary/aromatic N) is 6. The number of pyridine rings is 2. The highest BCUT2D eigenvalue weighted by Crippen LogP contribution is 2.32. The van der Waals surface area contributed by atoms with Crippen molar-refractivity contribution in [2.75, 3.05) is 106 Å². The van der Waals surface area contributed by atoms with Gasteiger partial charge in [0.2, 0.25) is 0 Å². The summed E-state index contributed by atoms with van der Waals surface area (Å²) in [6.45, 7) is 6.57. The molecule has 0 aliphatic carbocycles. The van der Waals surface area contributed by atoms with Crippen LogP contribution in [-0.2, 0) is 28.4 Å². The van der Waals surface area contributed by atoms with Crippen LogP contribution in [0.4, 0.5) is 22.7 Å². The van der Waals surface area contributed by atoms with Crippen LogP contribution in [0.3, 0.4) is 0 Å². The van der Waals surface area contributed by atoms with E-state index in [2.05, 4.69) is 24.3 Å². The lowest BCUT2D eigenvalue weighted by atomic mass is 9.99. The molecule has 390 valence electrons. The van der Waals surface area contributed by atoms with Crippen molar-refractivity contribution in [1.29, 1.82) is 0 Å². The summed E-state index contributed by atoms with van der Waals surface area (Å²) in [6.07, 6.45) is 6.94. The number of hydrogen-bond donors (Lipinski definition) is 0. The summed E-state index contributed by atoms with van der Waals surface area (Å²) in [5.74, 6) is 2.51. The molecule has 0 atom stereocenters. The Morgan fingerprint density at radius 3 is 0.711 bits per heavy atom. The van der Waals surface area contributed by atoms with Crippen LogP contribution >= 0.6 is 0 Å². The average Bonchev–Trinajstić information content (AvgIpc) is 3.46. The second kappa shape index (κ2) is 29.2. The predicted molar refractivity (Wildman–Crippen MR) is 295 cm³/mol. The van der Waals surface area contributed by atoms with E-state index >= 15 is 0 Å². The molecular formula is C60H60N6O10. The summed E-state index contributed by atoms with van der Waals surface area (Å²) in [5.41, 5.74) is 8.82. The van der Waals surface area contributed by atoms with E-state index in [0.717, 1.165) is 22.3 Å². The van der Waals surface area contributed by atoms with Gasteiger partial charge in [0.15, 0.2) is 0 Å². The molecule has 0 amide bonds. The number of hydrogen-bond acceptors (Lipinski definition) is 16. The smallest absolute Gasteiger partial charge is 0.145 e. The topological polar surface area (TPSA) is 168 Å². The molecule has 16 heteroatoms. The zero-order valence-corrected chi connectivity index (χ0v) is 42.2. The molecule has 0 radical (unpaired) electrons. The number of para-hydroxylation sites is 8. The van der Waals surface area contributed by atoms with E-state index in [1.807, 2.05) is 121 Å². The third kappa shape index (κ3) is 16.5.